The minimum Gasteiger partial charge on any atom is -0.383 e. The van der Waals surface area contributed by atoms with Gasteiger partial charge in [-0.15, -0.1) is 0 Å². The molecule has 1 aliphatic rings. The van der Waals surface area contributed by atoms with E-state index >= 15 is 0 Å². The van der Waals surface area contributed by atoms with Gasteiger partial charge in [-0.25, -0.2) is 13.4 Å². The smallest absolute Gasteiger partial charge is 0.237 e. The monoisotopic (exact) mass is 312 g/mol. The van der Waals surface area contributed by atoms with Gasteiger partial charge in [0.25, 0.3) is 0 Å². The van der Waals surface area contributed by atoms with E-state index in [1.165, 1.54) is 0 Å². The Morgan fingerprint density at radius 1 is 1.18 bits per heavy atom. The fourth-order valence-electron chi connectivity index (χ4n) is 2.69. The van der Waals surface area contributed by atoms with Crippen LogP contribution in [0.5, 0.6) is 0 Å². The first-order valence-electron chi connectivity index (χ1n) is 6.66. The van der Waals surface area contributed by atoms with Gasteiger partial charge in [0, 0.05) is 23.3 Å². The molecule has 3 heterocycles. The van der Waals surface area contributed by atoms with E-state index in [-0.39, 0.29) is 5.75 Å². The van der Waals surface area contributed by atoms with Crippen molar-refractivity contribution in [3.63, 3.8) is 0 Å². The van der Waals surface area contributed by atoms with Crippen LogP contribution in [-0.2, 0) is 15.8 Å². The van der Waals surface area contributed by atoms with Crippen molar-refractivity contribution in [2.45, 2.75) is 5.75 Å². The number of pyridine rings is 2. The number of rotatable bonds is 1. The minimum atomic E-state index is -3.25. The minimum absolute atomic E-state index is 0.00998. The van der Waals surface area contributed by atoms with Crippen LogP contribution in [0.1, 0.15) is 5.56 Å². The Labute approximate surface area is 127 Å². The van der Waals surface area contributed by atoms with Gasteiger partial charge in [-0.05, 0) is 35.4 Å². The van der Waals surface area contributed by atoms with Crippen molar-refractivity contribution in [1.82, 2.24) is 9.97 Å². The Morgan fingerprint density at radius 3 is 2.91 bits per heavy atom. The van der Waals surface area contributed by atoms with Crippen molar-refractivity contribution >= 4 is 32.4 Å². The molecule has 0 saturated heterocycles. The van der Waals surface area contributed by atoms with Gasteiger partial charge in [0.2, 0.25) is 10.0 Å². The number of aromatic nitrogens is 2. The van der Waals surface area contributed by atoms with Gasteiger partial charge in [0.1, 0.15) is 5.82 Å². The summed E-state index contributed by atoms with van der Waals surface area (Å²) in [4.78, 5) is 8.60. The summed E-state index contributed by atoms with van der Waals surface area (Å²) in [6.45, 7) is 0. The van der Waals surface area contributed by atoms with Gasteiger partial charge in [0.05, 0.1) is 17.0 Å². The van der Waals surface area contributed by atoms with Gasteiger partial charge in [-0.2, -0.15) is 0 Å². The van der Waals surface area contributed by atoms with E-state index in [1.807, 2.05) is 24.3 Å². The molecule has 6 nitrogen and oxygen atoms in total. The van der Waals surface area contributed by atoms with E-state index in [0.29, 0.717) is 11.5 Å². The van der Waals surface area contributed by atoms with Gasteiger partial charge in [0.15, 0.2) is 0 Å². The van der Waals surface area contributed by atoms with Crippen molar-refractivity contribution in [3.8, 4) is 11.1 Å². The predicted molar refractivity (Wildman–Crippen MR) is 85.6 cm³/mol. The van der Waals surface area contributed by atoms with Gasteiger partial charge < -0.3 is 5.73 Å². The molecule has 0 aliphatic carbocycles. The summed E-state index contributed by atoms with van der Waals surface area (Å²) in [5.74, 6) is 0.418. The molecule has 0 radical (unpaired) electrons. The second-order valence-electron chi connectivity index (χ2n) is 5.19. The van der Waals surface area contributed by atoms with Crippen LogP contribution in [0.2, 0.25) is 0 Å². The van der Waals surface area contributed by atoms with Crippen LogP contribution < -0.4 is 10.5 Å². The van der Waals surface area contributed by atoms with E-state index in [9.17, 15) is 8.42 Å². The molecule has 0 saturated carbocycles. The predicted octanol–water partition coefficient (Wildman–Crippen LogP) is 2.13. The second-order valence-corrected chi connectivity index (χ2v) is 6.91. The third kappa shape index (κ3) is 1.98. The molecule has 0 atom stereocenters. The number of nitrogen functional groups attached to an aromatic ring is 1. The van der Waals surface area contributed by atoms with Crippen LogP contribution in [0.15, 0.2) is 42.7 Å². The lowest BCUT2D eigenvalue weighted by Gasteiger charge is -2.08. The van der Waals surface area contributed by atoms with E-state index < -0.39 is 10.0 Å². The molecule has 0 fully saturated rings. The third-order valence-electron chi connectivity index (χ3n) is 3.70. The lowest BCUT2D eigenvalue weighted by Crippen LogP contribution is -2.05. The second kappa shape index (κ2) is 4.41. The first kappa shape index (κ1) is 13.0. The van der Waals surface area contributed by atoms with Gasteiger partial charge >= 0.3 is 0 Å². The SMILES string of the molecule is Nc1ncc(-c2ccc3c(c2)CS(=O)(=O)N3)c2ncccc12. The third-order valence-corrected chi connectivity index (χ3v) is 4.92. The molecule has 0 spiro atoms. The lowest BCUT2D eigenvalue weighted by atomic mass is 10.0. The maximum Gasteiger partial charge on any atom is 0.237 e. The van der Waals surface area contributed by atoms with Crippen molar-refractivity contribution in [3.05, 3.63) is 48.3 Å². The summed E-state index contributed by atoms with van der Waals surface area (Å²) in [5, 5.41) is 0.784. The number of nitrogens with zero attached hydrogens (tertiary/aromatic N) is 2. The molecule has 1 aliphatic heterocycles. The zero-order valence-electron chi connectivity index (χ0n) is 11.4. The summed E-state index contributed by atoms with van der Waals surface area (Å²) in [6.07, 6.45) is 3.37. The van der Waals surface area contributed by atoms with Crippen molar-refractivity contribution in [2.75, 3.05) is 10.5 Å². The molecular weight excluding hydrogens is 300 g/mol. The Kier molecular flexibility index (Phi) is 2.61. The van der Waals surface area contributed by atoms with E-state index in [4.69, 9.17) is 5.73 Å². The fraction of sp³-hybridized carbons (Fsp3) is 0.0667. The number of hydrogen-bond acceptors (Lipinski definition) is 5. The average molecular weight is 312 g/mol. The number of benzene rings is 1. The van der Waals surface area contributed by atoms with Crippen LogP contribution in [0.25, 0.3) is 22.0 Å². The Balaban J connectivity index is 1.93. The number of anilines is 2. The fourth-order valence-corrected chi connectivity index (χ4v) is 3.95. The maximum atomic E-state index is 11.6. The molecule has 3 N–H and O–H groups in total. The van der Waals surface area contributed by atoms with Crippen molar-refractivity contribution < 1.29 is 8.42 Å². The summed E-state index contributed by atoms with van der Waals surface area (Å²) in [5.41, 5.74) is 9.72. The van der Waals surface area contributed by atoms with Crippen LogP contribution in [0.4, 0.5) is 11.5 Å². The summed E-state index contributed by atoms with van der Waals surface area (Å²) in [7, 11) is -3.25. The molecule has 4 rings (SSSR count). The normalized spacial score (nSPS) is 15.5. The molecule has 0 unspecified atom stereocenters. The van der Waals surface area contributed by atoms with Crippen LogP contribution >= 0.6 is 0 Å². The highest BCUT2D eigenvalue weighted by molar-refractivity contribution is 7.92. The first-order valence-corrected chi connectivity index (χ1v) is 8.32. The molecule has 2 aromatic heterocycles. The van der Waals surface area contributed by atoms with Crippen LogP contribution in [0, 0.1) is 0 Å². The molecule has 22 heavy (non-hydrogen) atoms. The largest absolute Gasteiger partial charge is 0.383 e. The van der Waals surface area contributed by atoms with E-state index in [0.717, 1.165) is 27.6 Å². The maximum absolute atomic E-state index is 11.6. The highest BCUT2D eigenvalue weighted by Crippen LogP contribution is 2.34. The zero-order valence-corrected chi connectivity index (χ0v) is 12.3. The number of sulfonamides is 1. The number of nitrogens with one attached hydrogen (secondary N) is 1. The Bertz CT molecular complexity index is 1020. The van der Waals surface area contributed by atoms with Gasteiger partial charge in [-0.1, -0.05) is 6.07 Å². The molecule has 1 aromatic carbocycles. The highest BCUT2D eigenvalue weighted by Gasteiger charge is 2.24. The summed E-state index contributed by atoms with van der Waals surface area (Å²) < 4.78 is 25.8. The lowest BCUT2D eigenvalue weighted by molar-refractivity contribution is 0.602. The van der Waals surface area contributed by atoms with Crippen LogP contribution in [0.3, 0.4) is 0 Å². The number of nitrogens with two attached hydrogens (primary N) is 1. The van der Waals surface area contributed by atoms with Crippen LogP contribution in [-0.4, -0.2) is 18.4 Å². The molecule has 7 heteroatoms. The zero-order chi connectivity index (χ0) is 15.3. The molecule has 0 bridgehead atoms. The molecule has 110 valence electrons. The standard InChI is InChI=1S/C15H12N4O2S/c16-15-11-2-1-5-17-14(11)12(7-18-15)9-3-4-13-10(6-9)8-22(20,21)19-13/h1-7,19H,8H2,(H2,16,18). The Morgan fingerprint density at radius 2 is 2.05 bits per heavy atom. The molecule has 3 aromatic rings. The molecular formula is C15H12N4O2S. The molecule has 0 amide bonds. The van der Waals surface area contributed by atoms with Gasteiger partial charge in [-0.3, -0.25) is 9.71 Å². The van der Waals surface area contributed by atoms with Crippen molar-refractivity contribution in [2.24, 2.45) is 0 Å². The van der Waals surface area contributed by atoms with Crippen molar-refractivity contribution in [1.29, 1.82) is 0 Å². The first-order chi connectivity index (χ1) is 10.5. The Hall–Kier alpha value is -2.67. The highest BCUT2D eigenvalue weighted by atomic mass is 32.2. The van der Waals surface area contributed by atoms with E-state index in [2.05, 4.69) is 14.7 Å². The average Bonchev–Trinajstić information content (AvgIpc) is 2.81. The summed E-state index contributed by atoms with van der Waals surface area (Å²) >= 11 is 0. The number of fused-ring (bicyclic) bond motifs is 2. The number of hydrogen-bond donors (Lipinski definition) is 2. The summed E-state index contributed by atoms with van der Waals surface area (Å²) in [6, 6.07) is 9.15. The topological polar surface area (TPSA) is 98.0 Å². The van der Waals surface area contributed by atoms with E-state index in [1.54, 1.807) is 18.5 Å². The quantitative estimate of drug-likeness (QED) is 0.717.